The highest BCUT2D eigenvalue weighted by Crippen LogP contribution is 2.32. The molecule has 0 amide bonds. The average Bonchev–Trinajstić information content (AvgIpc) is 2.64. The third-order valence-corrected chi connectivity index (χ3v) is 4.17. The first-order chi connectivity index (χ1) is 12.5. The molecule has 26 heavy (non-hydrogen) atoms. The molecule has 4 N–H and O–H groups in total. The number of carbonyl (C=O) groups is 2. The summed E-state index contributed by atoms with van der Waals surface area (Å²) in [5, 5.41) is 25.5. The summed E-state index contributed by atoms with van der Waals surface area (Å²) in [6.45, 7) is 0. The summed E-state index contributed by atoms with van der Waals surface area (Å²) in [5.74, 6) is -3.79. The van der Waals surface area contributed by atoms with Crippen LogP contribution >= 0.6 is 0 Å². The first kappa shape index (κ1) is 17.3. The molecule has 2 aromatic carbocycles. The van der Waals surface area contributed by atoms with Crippen LogP contribution in [0.2, 0.25) is 0 Å². The smallest absolute Gasteiger partial charge is 0.334 e. The van der Waals surface area contributed by atoms with E-state index in [-0.39, 0.29) is 0 Å². The normalized spacial score (nSPS) is 21.5. The van der Waals surface area contributed by atoms with Crippen molar-refractivity contribution in [1.29, 1.82) is 0 Å². The van der Waals surface area contributed by atoms with Gasteiger partial charge in [0, 0.05) is 17.1 Å². The van der Waals surface area contributed by atoms with Crippen LogP contribution in [-0.2, 0) is 9.59 Å². The van der Waals surface area contributed by atoms with E-state index in [1.54, 1.807) is 36.4 Å². The fourth-order valence-electron chi connectivity index (χ4n) is 2.87. The van der Waals surface area contributed by atoms with Crippen molar-refractivity contribution in [1.82, 2.24) is 0 Å². The lowest BCUT2D eigenvalue weighted by Gasteiger charge is -2.35. The molecule has 0 fully saturated rings. The molecule has 132 valence electrons. The summed E-state index contributed by atoms with van der Waals surface area (Å²) >= 11 is 0. The van der Waals surface area contributed by atoms with Gasteiger partial charge >= 0.3 is 11.9 Å². The van der Waals surface area contributed by atoms with Crippen LogP contribution < -0.4 is 10.6 Å². The van der Waals surface area contributed by atoms with Crippen LogP contribution in [0.25, 0.3) is 0 Å². The Morgan fingerprint density at radius 3 is 2.00 bits per heavy atom. The number of nitrogens with one attached hydrogen (secondary N) is 2. The molecule has 1 aliphatic carbocycles. The number of carboxylic acid groups (broad SMARTS) is 2. The van der Waals surface area contributed by atoms with Crippen LogP contribution in [0.3, 0.4) is 0 Å². The predicted octanol–water partition coefficient (Wildman–Crippen LogP) is 3.19. The van der Waals surface area contributed by atoms with Crippen LogP contribution in [0.15, 0.2) is 84.6 Å². The lowest BCUT2D eigenvalue weighted by molar-refractivity contribution is -0.150. The Bertz CT molecular complexity index is 862. The average molecular weight is 350 g/mol. The van der Waals surface area contributed by atoms with Crippen LogP contribution in [-0.4, -0.2) is 27.7 Å². The zero-order valence-corrected chi connectivity index (χ0v) is 13.8. The second-order valence-corrected chi connectivity index (χ2v) is 5.93. The molecule has 3 rings (SSSR count). The van der Waals surface area contributed by atoms with Crippen LogP contribution in [0.5, 0.6) is 0 Å². The summed E-state index contributed by atoms with van der Waals surface area (Å²) < 4.78 is 0. The zero-order valence-electron chi connectivity index (χ0n) is 13.8. The predicted molar refractivity (Wildman–Crippen MR) is 98.8 cm³/mol. The molecule has 0 spiro atoms. The van der Waals surface area contributed by atoms with Crippen molar-refractivity contribution < 1.29 is 19.8 Å². The molecule has 0 saturated heterocycles. The maximum Gasteiger partial charge on any atom is 0.334 e. The second-order valence-electron chi connectivity index (χ2n) is 5.93. The number of hydrogen-bond donors (Lipinski definition) is 4. The van der Waals surface area contributed by atoms with Crippen molar-refractivity contribution >= 4 is 23.3 Å². The topological polar surface area (TPSA) is 98.7 Å². The molecule has 0 saturated carbocycles. The van der Waals surface area contributed by atoms with Gasteiger partial charge in [-0.05, 0) is 42.5 Å². The van der Waals surface area contributed by atoms with Crippen molar-refractivity contribution in [2.45, 2.75) is 5.54 Å². The van der Waals surface area contributed by atoms with E-state index in [9.17, 15) is 19.8 Å². The van der Waals surface area contributed by atoms with E-state index in [4.69, 9.17) is 0 Å². The van der Waals surface area contributed by atoms with Gasteiger partial charge in [-0.3, -0.25) is 4.79 Å². The Kier molecular flexibility index (Phi) is 4.75. The molecule has 6 heteroatoms. The molecule has 2 atom stereocenters. The van der Waals surface area contributed by atoms with Gasteiger partial charge in [0.15, 0.2) is 5.54 Å². The fourth-order valence-corrected chi connectivity index (χ4v) is 2.87. The van der Waals surface area contributed by atoms with Gasteiger partial charge in [0.05, 0.1) is 0 Å². The number of anilines is 2. The Labute approximate surface area is 150 Å². The van der Waals surface area contributed by atoms with Crippen LogP contribution in [0.1, 0.15) is 0 Å². The maximum atomic E-state index is 12.0. The third kappa shape index (κ3) is 3.44. The lowest BCUT2D eigenvalue weighted by Crippen LogP contribution is -2.54. The van der Waals surface area contributed by atoms with Crippen molar-refractivity contribution in [3.05, 3.63) is 84.6 Å². The minimum Gasteiger partial charge on any atom is -0.481 e. The molecule has 1 aliphatic rings. The lowest BCUT2D eigenvalue weighted by atomic mass is 9.79. The van der Waals surface area contributed by atoms with Gasteiger partial charge in [-0.15, -0.1) is 0 Å². The van der Waals surface area contributed by atoms with E-state index < -0.39 is 23.4 Å². The van der Waals surface area contributed by atoms with E-state index in [0.29, 0.717) is 11.4 Å². The first-order valence-corrected chi connectivity index (χ1v) is 8.04. The molecule has 0 aromatic heterocycles. The Hall–Kier alpha value is -3.54. The van der Waals surface area contributed by atoms with Gasteiger partial charge in [-0.25, -0.2) is 4.79 Å². The highest BCUT2D eigenvalue weighted by molar-refractivity contribution is 5.94. The van der Waals surface area contributed by atoms with Crippen molar-refractivity contribution in [3.8, 4) is 0 Å². The van der Waals surface area contributed by atoms with Crippen molar-refractivity contribution in [2.24, 2.45) is 5.92 Å². The van der Waals surface area contributed by atoms with Gasteiger partial charge in [0.25, 0.3) is 0 Å². The molecule has 0 aliphatic heterocycles. The minimum atomic E-state index is -1.78. The van der Waals surface area contributed by atoms with E-state index in [1.165, 1.54) is 12.2 Å². The highest BCUT2D eigenvalue weighted by atomic mass is 16.4. The molecule has 6 nitrogen and oxygen atoms in total. The fraction of sp³-hybridized carbons (Fsp3) is 0.100. The monoisotopic (exact) mass is 350 g/mol. The number of para-hydroxylation sites is 2. The Morgan fingerprint density at radius 2 is 1.46 bits per heavy atom. The van der Waals surface area contributed by atoms with Gasteiger partial charge in [-0.2, -0.15) is 0 Å². The number of carboxylic acids is 2. The molecular weight excluding hydrogens is 332 g/mol. The maximum absolute atomic E-state index is 12.0. The summed E-state index contributed by atoms with van der Waals surface area (Å²) in [6.07, 6.45) is 4.38. The molecule has 0 radical (unpaired) electrons. The first-order valence-electron chi connectivity index (χ1n) is 8.04. The molecule has 0 bridgehead atoms. The SMILES string of the molecule is O=C(O)C1C=C(Nc2ccccc2)C=CC1(Nc1ccccc1)C(=O)O. The largest absolute Gasteiger partial charge is 0.481 e. The van der Waals surface area contributed by atoms with E-state index in [0.717, 1.165) is 5.69 Å². The number of benzene rings is 2. The molecule has 0 heterocycles. The van der Waals surface area contributed by atoms with Gasteiger partial charge < -0.3 is 20.8 Å². The number of rotatable bonds is 6. The number of hydrogen-bond acceptors (Lipinski definition) is 4. The third-order valence-electron chi connectivity index (χ3n) is 4.17. The Balaban J connectivity index is 1.94. The second kappa shape index (κ2) is 7.14. The summed E-state index contributed by atoms with van der Waals surface area (Å²) in [6, 6.07) is 17.9. The Morgan fingerprint density at radius 1 is 0.885 bits per heavy atom. The van der Waals surface area contributed by atoms with Gasteiger partial charge in [0.1, 0.15) is 5.92 Å². The van der Waals surface area contributed by atoms with Gasteiger partial charge in [0.2, 0.25) is 0 Å². The van der Waals surface area contributed by atoms with E-state index >= 15 is 0 Å². The number of aliphatic carboxylic acids is 2. The van der Waals surface area contributed by atoms with Crippen molar-refractivity contribution in [2.75, 3.05) is 10.6 Å². The quantitative estimate of drug-likeness (QED) is 0.639. The summed E-state index contributed by atoms with van der Waals surface area (Å²) in [4.78, 5) is 23.9. The van der Waals surface area contributed by atoms with Crippen molar-refractivity contribution in [3.63, 3.8) is 0 Å². The number of allylic oxidation sites excluding steroid dienone is 1. The van der Waals surface area contributed by atoms with Crippen LogP contribution in [0.4, 0.5) is 11.4 Å². The molecule has 2 unspecified atom stereocenters. The highest BCUT2D eigenvalue weighted by Gasteiger charge is 2.48. The summed E-state index contributed by atoms with van der Waals surface area (Å²) in [5.41, 5.74) is 0.0510. The van der Waals surface area contributed by atoms with E-state index in [1.807, 2.05) is 30.3 Å². The minimum absolute atomic E-state index is 0.523. The summed E-state index contributed by atoms with van der Waals surface area (Å²) in [7, 11) is 0. The standard InChI is InChI=1S/C20H18N2O4/c23-18(24)17-13-16(21-14-7-3-1-4-8-14)11-12-20(17,19(25)26)22-15-9-5-2-6-10-15/h1-13,17,21-22H,(H,23,24)(H,25,26). The molecule has 2 aromatic rings. The van der Waals surface area contributed by atoms with Crippen LogP contribution in [0, 0.1) is 5.92 Å². The van der Waals surface area contributed by atoms with Gasteiger partial charge in [-0.1, -0.05) is 36.4 Å². The van der Waals surface area contributed by atoms with E-state index in [2.05, 4.69) is 10.6 Å². The molecular formula is C20H18N2O4. The zero-order chi connectivity index (χ0) is 18.6.